The summed E-state index contributed by atoms with van der Waals surface area (Å²) in [4.78, 5) is 20.9. The molecule has 1 aliphatic rings. The predicted octanol–water partition coefficient (Wildman–Crippen LogP) is 3.26. The topological polar surface area (TPSA) is 60.8 Å². The van der Waals surface area contributed by atoms with Gasteiger partial charge in [-0.05, 0) is 45.8 Å². The summed E-state index contributed by atoms with van der Waals surface area (Å²) in [6.07, 6.45) is 3.23. The van der Waals surface area contributed by atoms with Crippen LogP contribution in [-0.4, -0.2) is 24.0 Å². The molecule has 3 rings (SSSR count). The van der Waals surface area contributed by atoms with Crippen molar-refractivity contribution in [1.82, 2.24) is 4.98 Å². The van der Waals surface area contributed by atoms with Gasteiger partial charge in [-0.3, -0.25) is 0 Å². The molecule has 0 spiro atoms. The molecule has 0 aromatic carbocycles. The van der Waals surface area contributed by atoms with Gasteiger partial charge in [-0.1, -0.05) is 0 Å². The number of pyridine rings is 1. The van der Waals surface area contributed by atoms with E-state index >= 15 is 0 Å². The van der Waals surface area contributed by atoms with E-state index in [0.717, 1.165) is 14.2 Å². The predicted molar refractivity (Wildman–Crippen MR) is 83.4 cm³/mol. The van der Waals surface area contributed by atoms with E-state index in [9.17, 15) is 4.79 Å². The summed E-state index contributed by atoms with van der Waals surface area (Å²) in [7, 11) is 1.55. The maximum absolute atomic E-state index is 11.8. The molecule has 106 valence electrons. The first-order valence-electron chi connectivity index (χ1n) is 5.94. The Labute approximate surface area is 133 Å². The first kappa shape index (κ1) is 14.0. The van der Waals surface area contributed by atoms with E-state index in [1.165, 1.54) is 11.3 Å². The molecule has 2 aromatic rings. The van der Waals surface area contributed by atoms with Crippen LogP contribution in [0.15, 0.2) is 44.9 Å². The van der Waals surface area contributed by atoms with Crippen LogP contribution in [0.5, 0.6) is 5.88 Å². The Bertz CT molecular complexity index is 750. The second-order valence-electron chi connectivity index (χ2n) is 4.07. The van der Waals surface area contributed by atoms with E-state index in [-0.39, 0.29) is 5.70 Å². The van der Waals surface area contributed by atoms with Crippen LogP contribution in [0.1, 0.15) is 10.4 Å². The number of aromatic nitrogens is 1. The lowest BCUT2D eigenvalue weighted by molar-refractivity contribution is -0.129. The van der Waals surface area contributed by atoms with Crippen molar-refractivity contribution in [3.05, 3.63) is 50.4 Å². The van der Waals surface area contributed by atoms with Crippen molar-refractivity contribution in [3.8, 4) is 5.88 Å². The Hall–Kier alpha value is -1.99. The minimum atomic E-state index is -0.467. The molecule has 21 heavy (non-hydrogen) atoms. The van der Waals surface area contributed by atoms with Crippen LogP contribution < -0.4 is 4.74 Å². The Kier molecular flexibility index (Phi) is 3.85. The molecule has 5 nitrogen and oxygen atoms in total. The van der Waals surface area contributed by atoms with Gasteiger partial charge in [0, 0.05) is 12.3 Å². The molecule has 0 amide bonds. The number of carbonyl (C=O) groups is 1. The summed E-state index contributed by atoms with van der Waals surface area (Å²) in [5.41, 5.74) is 1.00. The minimum absolute atomic E-state index is 0.251. The molecular weight excluding hydrogens is 356 g/mol. The molecule has 1 aliphatic heterocycles. The van der Waals surface area contributed by atoms with Crippen LogP contribution >= 0.6 is 27.3 Å². The number of rotatable bonds is 3. The Morgan fingerprint density at radius 1 is 1.33 bits per heavy atom. The molecular formula is C14H9BrN2O3S. The molecule has 0 radical (unpaired) electrons. The van der Waals surface area contributed by atoms with E-state index in [4.69, 9.17) is 9.47 Å². The standard InChI is InChI=1S/C14H9BrN2O3S/c1-19-12-5-2-8(7-16-12)6-9-14(18)20-13(17-9)10-3-4-11(15)21-10/h2-7H,1H3. The number of nitrogens with zero attached hydrogens (tertiary/aromatic N) is 2. The van der Waals surface area contributed by atoms with Gasteiger partial charge in [0.1, 0.15) is 0 Å². The molecule has 0 fully saturated rings. The minimum Gasteiger partial charge on any atom is -0.481 e. The van der Waals surface area contributed by atoms with Gasteiger partial charge in [-0.2, -0.15) is 0 Å². The first-order valence-corrected chi connectivity index (χ1v) is 7.55. The summed E-state index contributed by atoms with van der Waals surface area (Å²) in [5.74, 6) is 0.368. The summed E-state index contributed by atoms with van der Waals surface area (Å²) in [6.45, 7) is 0. The highest BCUT2D eigenvalue weighted by Crippen LogP contribution is 2.26. The smallest absolute Gasteiger partial charge is 0.363 e. The van der Waals surface area contributed by atoms with Crippen molar-refractivity contribution in [1.29, 1.82) is 0 Å². The van der Waals surface area contributed by atoms with Gasteiger partial charge in [0.15, 0.2) is 5.70 Å². The van der Waals surface area contributed by atoms with Crippen LogP contribution in [-0.2, 0) is 9.53 Å². The summed E-state index contributed by atoms with van der Waals surface area (Å²) >= 11 is 4.82. The van der Waals surface area contributed by atoms with Gasteiger partial charge >= 0.3 is 5.97 Å². The number of ether oxygens (including phenoxy) is 2. The Morgan fingerprint density at radius 3 is 2.81 bits per heavy atom. The van der Waals surface area contributed by atoms with Gasteiger partial charge < -0.3 is 9.47 Å². The zero-order valence-corrected chi connectivity index (χ0v) is 13.3. The fourth-order valence-electron chi connectivity index (χ4n) is 1.70. The van der Waals surface area contributed by atoms with Crippen LogP contribution in [0.2, 0.25) is 0 Å². The first-order chi connectivity index (χ1) is 10.2. The number of carbonyl (C=O) groups excluding carboxylic acids is 1. The van der Waals surface area contributed by atoms with Crippen molar-refractivity contribution in [2.45, 2.75) is 0 Å². The van der Waals surface area contributed by atoms with E-state index in [0.29, 0.717) is 11.8 Å². The van der Waals surface area contributed by atoms with Crippen molar-refractivity contribution in [2.24, 2.45) is 4.99 Å². The van der Waals surface area contributed by atoms with Gasteiger partial charge in [-0.25, -0.2) is 14.8 Å². The average Bonchev–Trinajstić information content (AvgIpc) is 3.07. The molecule has 0 saturated carbocycles. The number of methoxy groups -OCH3 is 1. The van der Waals surface area contributed by atoms with E-state index in [2.05, 4.69) is 25.9 Å². The summed E-state index contributed by atoms with van der Waals surface area (Å²) in [6, 6.07) is 7.24. The fourth-order valence-corrected chi connectivity index (χ4v) is 3.01. The third-order valence-electron chi connectivity index (χ3n) is 2.68. The second kappa shape index (κ2) is 5.79. The SMILES string of the molecule is COc1ccc(C=C2N=C(c3ccc(Br)s3)OC2=O)cn1. The third kappa shape index (κ3) is 3.03. The lowest BCUT2D eigenvalue weighted by Crippen LogP contribution is -2.03. The fraction of sp³-hybridized carbons (Fsp3) is 0.0714. The van der Waals surface area contributed by atoms with Crippen molar-refractivity contribution >= 4 is 45.2 Å². The molecule has 2 aromatic heterocycles. The van der Waals surface area contributed by atoms with Gasteiger partial charge in [-0.15, -0.1) is 11.3 Å². The number of cyclic esters (lactones) is 1. The van der Waals surface area contributed by atoms with Gasteiger partial charge in [0.25, 0.3) is 0 Å². The largest absolute Gasteiger partial charge is 0.481 e. The molecule has 0 bridgehead atoms. The molecule has 0 N–H and O–H groups in total. The maximum Gasteiger partial charge on any atom is 0.363 e. The van der Waals surface area contributed by atoms with Crippen molar-refractivity contribution < 1.29 is 14.3 Å². The van der Waals surface area contributed by atoms with Crippen molar-refractivity contribution in [2.75, 3.05) is 7.11 Å². The highest BCUT2D eigenvalue weighted by molar-refractivity contribution is 9.11. The van der Waals surface area contributed by atoms with Crippen LogP contribution in [0, 0.1) is 0 Å². The highest BCUT2D eigenvalue weighted by Gasteiger charge is 2.25. The van der Waals surface area contributed by atoms with Crippen molar-refractivity contribution in [3.63, 3.8) is 0 Å². The molecule has 0 saturated heterocycles. The monoisotopic (exact) mass is 364 g/mol. The second-order valence-corrected chi connectivity index (χ2v) is 6.54. The van der Waals surface area contributed by atoms with Crippen LogP contribution in [0.3, 0.4) is 0 Å². The lowest BCUT2D eigenvalue weighted by atomic mass is 10.2. The molecule has 0 aliphatic carbocycles. The number of halogens is 1. The molecule has 3 heterocycles. The summed E-state index contributed by atoms with van der Waals surface area (Å²) in [5, 5.41) is 0. The third-order valence-corrected chi connectivity index (χ3v) is 4.29. The number of hydrogen-bond acceptors (Lipinski definition) is 6. The molecule has 0 atom stereocenters. The van der Waals surface area contributed by atoms with E-state index in [1.807, 2.05) is 12.1 Å². The Morgan fingerprint density at radius 2 is 2.19 bits per heavy atom. The quantitative estimate of drug-likeness (QED) is 0.619. The van der Waals surface area contributed by atoms with Crippen LogP contribution in [0.4, 0.5) is 0 Å². The highest BCUT2D eigenvalue weighted by atomic mass is 79.9. The lowest BCUT2D eigenvalue weighted by Gasteiger charge is -1.97. The van der Waals surface area contributed by atoms with E-state index in [1.54, 1.807) is 31.5 Å². The average molecular weight is 365 g/mol. The zero-order valence-electron chi connectivity index (χ0n) is 10.9. The molecule has 7 heteroatoms. The molecule has 0 unspecified atom stereocenters. The number of hydrogen-bond donors (Lipinski definition) is 0. The normalized spacial score (nSPS) is 16.0. The zero-order chi connectivity index (χ0) is 14.8. The number of esters is 1. The Balaban J connectivity index is 1.88. The maximum atomic E-state index is 11.8. The van der Waals surface area contributed by atoms with E-state index < -0.39 is 5.97 Å². The van der Waals surface area contributed by atoms with Crippen LogP contribution in [0.25, 0.3) is 6.08 Å². The number of thiophene rings is 1. The number of aliphatic imine (C=N–C) groups is 1. The van der Waals surface area contributed by atoms with Gasteiger partial charge in [0.2, 0.25) is 11.8 Å². The summed E-state index contributed by atoms with van der Waals surface area (Å²) < 4.78 is 11.1. The van der Waals surface area contributed by atoms with Gasteiger partial charge in [0.05, 0.1) is 15.8 Å².